The lowest BCUT2D eigenvalue weighted by Crippen LogP contribution is -2.34. The summed E-state index contributed by atoms with van der Waals surface area (Å²) in [6, 6.07) is 13.3. The predicted octanol–water partition coefficient (Wildman–Crippen LogP) is 3.32. The first-order chi connectivity index (χ1) is 15.7. The van der Waals surface area contributed by atoms with E-state index in [0.717, 1.165) is 41.1 Å². The molecule has 3 heterocycles. The quantitative estimate of drug-likeness (QED) is 0.375. The van der Waals surface area contributed by atoms with Crippen LogP contribution in [0.4, 0.5) is 0 Å². The summed E-state index contributed by atoms with van der Waals surface area (Å²) in [6.07, 6.45) is 6.71. The molecular formula is C23H27N5O3S. The number of carbonyl (C=O) groups is 1. The van der Waals surface area contributed by atoms with E-state index in [2.05, 4.69) is 20.1 Å². The third-order valence-corrected chi connectivity index (χ3v) is 5.91. The molecule has 0 bridgehead atoms. The lowest BCUT2D eigenvalue weighted by molar-refractivity contribution is -0.123. The maximum Gasteiger partial charge on any atom is 0.258 e. The number of amides is 1. The minimum absolute atomic E-state index is 0.0745. The highest BCUT2D eigenvalue weighted by Crippen LogP contribution is 2.27. The van der Waals surface area contributed by atoms with Crippen LogP contribution in [0.5, 0.6) is 5.75 Å². The van der Waals surface area contributed by atoms with Crippen molar-refractivity contribution in [3.8, 4) is 5.75 Å². The van der Waals surface area contributed by atoms with E-state index in [1.54, 1.807) is 18.9 Å². The molecule has 1 aromatic carbocycles. The number of thioether (sulfide) groups is 1. The van der Waals surface area contributed by atoms with Crippen molar-refractivity contribution >= 4 is 34.2 Å². The monoisotopic (exact) mass is 453 g/mol. The largest absolute Gasteiger partial charge is 0.483 e. The third kappa shape index (κ3) is 4.89. The van der Waals surface area contributed by atoms with Crippen molar-refractivity contribution < 1.29 is 14.3 Å². The van der Waals surface area contributed by atoms with Gasteiger partial charge in [0.25, 0.3) is 5.91 Å². The van der Waals surface area contributed by atoms with Gasteiger partial charge in [-0.25, -0.2) is 0 Å². The lowest BCUT2D eigenvalue weighted by Gasteiger charge is -2.17. The van der Waals surface area contributed by atoms with Crippen molar-refractivity contribution in [2.75, 3.05) is 32.3 Å². The number of nitrogens with zero attached hydrogens (tertiary/aromatic N) is 4. The maximum atomic E-state index is 12.8. The molecule has 1 N–H and O–H groups in total. The summed E-state index contributed by atoms with van der Waals surface area (Å²) in [4.78, 5) is 12.8. The Bertz CT molecular complexity index is 1190. The first kappa shape index (κ1) is 22.2. The smallest absolute Gasteiger partial charge is 0.258 e. The summed E-state index contributed by atoms with van der Waals surface area (Å²) in [6.45, 7) is 1.31. The molecule has 1 amide bonds. The highest BCUT2D eigenvalue weighted by atomic mass is 32.2. The second-order valence-electron chi connectivity index (χ2n) is 7.37. The van der Waals surface area contributed by atoms with E-state index in [1.165, 1.54) is 0 Å². The zero-order valence-corrected chi connectivity index (χ0v) is 19.0. The molecule has 0 unspecified atom stereocenters. The number of pyridine rings is 1. The third-order valence-electron chi connectivity index (χ3n) is 5.27. The number of fused-ring (bicyclic) bond motifs is 2. The maximum absolute atomic E-state index is 12.8. The second-order valence-corrected chi connectivity index (χ2v) is 8.35. The van der Waals surface area contributed by atoms with Gasteiger partial charge in [0, 0.05) is 31.4 Å². The molecule has 1 atom stereocenters. The van der Waals surface area contributed by atoms with Crippen LogP contribution in [0, 0.1) is 0 Å². The molecule has 3 aromatic heterocycles. The number of aromatic nitrogens is 4. The van der Waals surface area contributed by atoms with Crippen LogP contribution in [0.1, 0.15) is 18.3 Å². The Kier molecular flexibility index (Phi) is 7.28. The van der Waals surface area contributed by atoms with Gasteiger partial charge in [0.2, 0.25) is 0 Å². The second kappa shape index (κ2) is 10.5. The van der Waals surface area contributed by atoms with Crippen LogP contribution in [-0.4, -0.2) is 57.4 Å². The van der Waals surface area contributed by atoms with E-state index < -0.39 is 0 Å². The van der Waals surface area contributed by atoms with Crippen molar-refractivity contribution in [3.05, 3.63) is 60.7 Å². The Morgan fingerprint density at radius 2 is 2.06 bits per heavy atom. The van der Waals surface area contributed by atoms with Gasteiger partial charge >= 0.3 is 0 Å². The molecule has 168 valence electrons. The average molecular weight is 454 g/mol. The van der Waals surface area contributed by atoms with E-state index in [0.29, 0.717) is 12.4 Å². The molecule has 0 spiro atoms. The molecule has 0 saturated carbocycles. The van der Waals surface area contributed by atoms with Crippen molar-refractivity contribution in [2.45, 2.75) is 19.0 Å². The fraction of sp³-hybridized carbons (Fsp3) is 0.348. The molecule has 0 aliphatic heterocycles. The fourth-order valence-corrected chi connectivity index (χ4v) is 4.16. The SMILES string of the molecule is COCCn1ccc2c(OCC(=O)N[C@@H](CCSC)c3nnc4ccccn34)cccc21. The van der Waals surface area contributed by atoms with Crippen LogP contribution in [0.15, 0.2) is 54.9 Å². The van der Waals surface area contributed by atoms with E-state index in [1.807, 2.05) is 65.5 Å². The van der Waals surface area contributed by atoms with Crippen molar-refractivity contribution in [1.82, 2.24) is 24.5 Å². The van der Waals surface area contributed by atoms with E-state index in [-0.39, 0.29) is 18.6 Å². The number of benzene rings is 1. The molecular weight excluding hydrogens is 426 g/mol. The molecule has 0 aliphatic carbocycles. The van der Waals surface area contributed by atoms with E-state index >= 15 is 0 Å². The fourth-order valence-electron chi connectivity index (χ4n) is 3.68. The van der Waals surface area contributed by atoms with Gasteiger partial charge in [-0.1, -0.05) is 12.1 Å². The zero-order chi connectivity index (χ0) is 22.3. The Morgan fingerprint density at radius 3 is 2.91 bits per heavy atom. The topological polar surface area (TPSA) is 82.7 Å². The average Bonchev–Trinajstić information content (AvgIpc) is 3.43. The predicted molar refractivity (Wildman–Crippen MR) is 126 cm³/mol. The summed E-state index contributed by atoms with van der Waals surface area (Å²) in [5.74, 6) is 2.10. The standard InChI is InChI=1S/C23H27N5O3S/c1-30-14-13-27-12-9-17-19(27)6-5-7-20(17)31-16-22(29)24-18(10-15-32-2)23-26-25-21-8-3-4-11-28(21)23/h3-9,11-12,18H,10,13-16H2,1-2H3,(H,24,29)/t18-/m0/s1. The number of ether oxygens (including phenoxy) is 2. The molecule has 9 heteroatoms. The highest BCUT2D eigenvalue weighted by Gasteiger charge is 2.20. The first-order valence-electron chi connectivity index (χ1n) is 10.5. The van der Waals surface area contributed by atoms with Gasteiger partial charge in [0.05, 0.1) is 18.2 Å². The summed E-state index contributed by atoms with van der Waals surface area (Å²) in [7, 11) is 1.69. The number of methoxy groups -OCH3 is 1. The Hall–Kier alpha value is -3.04. The molecule has 4 rings (SSSR count). The Morgan fingerprint density at radius 1 is 1.16 bits per heavy atom. The van der Waals surface area contributed by atoms with Crippen LogP contribution in [-0.2, 0) is 16.1 Å². The van der Waals surface area contributed by atoms with Gasteiger partial charge in [-0.2, -0.15) is 11.8 Å². The molecule has 0 fully saturated rings. The van der Waals surface area contributed by atoms with Gasteiger partial charge in [0.15, 0.2) is 18.1 Å². The van der Waals surface area contributed by atoms with Gasteiger partial charge < -0.3 is 19.4 Å². The summed E-state index contributed by atoms with van der Waals surface area (Å²) < 4.78 is 15.1. The van der Waals surface area contributed by atoms with Gasteiger partial charge in [-0.15, -0.1) is 10.2 Å². The molecule has 0 saturated heterocycles. The first-order valence-corrected chi connectivity index (χ1v) is 11.9. The molecule has 32 heavy (non-hydrogen) atoms. The zero-order valence-electron chi connectivity index (χ0n) is 18.2. The minimum Gasteiger partial charge on any atom is -0.483 e. The summed E-state index contributed by atoms with van der Waals surface area (Å²) in [5, 5.41) is 12.6. The van der Waals surface area contributed by atoms with Gasteiger partial charge in [-0.3, -0.25) is 9.20 Å². The van der Waals surface area contributed by atoms with Crippen molar-refractivity contribution in [2.24, 2.45) is 0 Å². The number of hydrogen-bond acceptors (Lipinski definition) is 6. The van der Waals surface area contributed by atoms with Crippen LogP contribution in [0.3, 0.4) is 0 Å². The lowest BCUT2D eigenvalue weighted by atomic mass is 10.2. The van der Waals surface area contributed by atoms with Crippen LogP contribution in [0.2, 0.25) is 0 Å². The van der Waals surface area contributed by atoms with E-state index in [9.17, 15) is 4.79 Å². The number of nitrogens with one attached hydrogen (secondary N) is 1. The molecule has 0 radical (unpaired) electrons. The molecule has 0 aliphatic rings. The number of rotatable bonds is 11. The van der Waals surface area contributed by atoms with Gasteiger partial charge in [-0.05, 0) is 48.8 Å². The van der Waals surface area contributed by atoms with Crippen LogP contribution in [0.25, 0.3) is 16.6 Å². The van der Waals surface area contributed by atoms with Gasteiger partial charge in [0.1, 0.15) is 5.75 Å². The van der Waals surface area contributed by atoms with Crippen molar-refractivity contribution in [1.29, 1.82) is 0 Å². The molecule has 4 aromatic rings. The number of hydrogen-bond donors (Lipinski definition) is 1. The van der Waals surface area contributed by atoms with Crippen molar-refractivity contribution in [3.63, 3.8) is 0 Å². The highest BCUT2D eigenvalue weighted by molar-refractivity contribution is 7.98. The Labute approximate surface area is 190 Å². The minimum atomic E-state index is -0.248. The van der Waals surface area contributed by atoms with Crippen LogP contribution < -0.4 is 10.1 Å². The Balaban J connectivity index is 1.45. The summed E-state index contributed by atoms with van der Waals surface area (Å²) >= 11 is 1.73. The normalized spacial score (nSPS) is 12.3. The van der Waals surface area contributed by atoms with Crippen LogP contribution >= 0.6 is 11.8 Å². The number of carbonyl (C=O) groups excluding carboxylic acids is 1. The summed E-state index contributed by atoms with van der Waals surface area (Å²) in [5.41, 5.74) is 1.81. The van der Waals surface area contributed by atoms with E-state index in [4.69, 9.17) is 9.47 Å². The molecule has 8 nitrogen and oxygen atoms in total.